The number of rotatable bonds is 18. The van der Waals surface area contributed by atoms with Crippen LogP contribution in [0.4, 0.5) is 0 Å². The largest absolute Gasteiger partial charge is 0.508 e. The number of primary sulfonamides is 1. The van der Waals surface area contributed by atoms with Gasteiger partial charge in [0.25, 0.3) is 0 Å². The Labute approximate surface area is 220 Å². The van der Waals surface area contributed by atoms with E-state index in [1.54, 1.807) is 24.3 Å². The minimum atomic E-state index is -3.66. The van der Waals surface area contributed by atoms with Gasteiger partial charge in [-0.1, -0.05) is 31.0 Å². The molecule has 0 heterocycles. The fourth-order valence-corrected chi connectivity index (χ4v) is 4.37. The lowest BCUT2D eigenvalue weighted by atomic mass is 10.1. The van der Waals surface area contributed by atoms with E-state index in [-0.39, 0.29) is 17.3 Å². The number of carbonyl (C=O) groups excluding carboxylic acids is 1. The predicted octanol–water partition coefficient (Wildman–Crippen LogP) is 3.33. The van der Waals surface area contributed by atoms with E-state index in [2.05, 4.69) is 5.32 Å². The average molecular weight is 537 g/mol. The van der Waals surface area contributed by atoms with Gasteiger partial charge in [-0.15, -0.1) is 0 Å². The molecule has 9 nitrogen and oxygen atoms in total. The summed E-state index contributed by atoms with van der Waals surface area (Å²) >= 11 is 0. The Hall–Kier alpha value is -2.50. The summed E-state index contributed by atoms with van der Waals surface area (Å²) in [4.78, 5) is 11.1. The van der Waals surface area contributed by atoms with E-state index in [1.165, 1.54) is 19.1 Å². The van der Waals surface area contributed by atoms with E-state index in [9.17, 15) is 23.4 Å². The van der Waals surface area contributed by atoms with Crippen molar-refractivity contribution in [3.63, 3.8) is 0 Å². The van der Waals surface area contributed by atoms with Crippen LogP contribution in [0.25, 0.3) is 0 Å². The van der Waals surface area contributed by atoms with E-state index >= 15 is 0 Å². The Morgan fingerprint density at radius 1 is 1.03 bits per heavy atom. The van der Waals surface area contributed by atoms with E-state index in [0.717, 1.165) is 63.7 Å². The molecule has 2 aromatic carbocycles. The Morgan fingerprint density at radius 3 is 2.49 bits per heavy atom. The zero-order valence-corrected chi connectivity index (χ0v) is 22.3. The van der Waals surface area contributed by atoms with Crippen LogP contribution in [0.5, 0.6) is 5.75 Å². The van der Waals surface area contributed by atoms with E-state index < -0.39 is 22.1 Å². The van der Waals surface area contributed by atoms with Crippen LogP contribution in [0.1, 0.15) is 68.2 Å². The molecule has 0 fully saturated rings. The second-order valence-corrected chi connectivity index (χ2v) is 10.6. The van der Waals surface area contributed by atoms with E-state index in [0.29, 0.717) is 24.3 Å². The van der Waals surface area contributed by atoms with Gasteiger partial charge in [-0.25, -0.2) is 13.6 Å². The lowest BCUT2D eigenvalue weighted by Gasteiger charge is -2.14. The molecule has 0 spiro atoms. The maximum atomic E-state index is 11.4. The molecule has 2 aromatic rings. The zero-order valence-electron chi connectivity index (χ0n) is 21.5. The van der Waals surface area contributed by atoms with Gasteiger partial charge >= 0.3 is 5.97 Å². The number of nitrogens with two attached hydrogens (primary N) is 1. The number of aliphatic hydroxyl groups excluding tert-OH is 1. The number of benzene rings is 2. The summed E-state index contributed by atoms with van der Waals surface area (Å²) in [5.74, 6) is -0.399. The van der Waals surface area contributed by atoms with Crippen LogP contribution in [0.15, 0.2) is 47.4 Å². The number of unbranched alkanes of at least 4 members (excludes halogenated alkanes) is 4. The predicted molar refractivity (Wildman–Crippen MR) is 141 cm³/mol. The Bertz CT molecular complexity index is 1080. The Kier molecular flexibility index (Phi) is 13.6. The normalized spacial score (nSPS) is 12.4. The summed E-state index contributed by atoms with van der Waals surface area (Å²) in [5.41, 5.74) is 2.07. The maximum Gasteiger partial charge on any atom is 0.302 e. The van der Waals surface area contributed by atoms with Crippen LogP contribution in [0, 0.1) is 0 Å². The summed E-state index contributed by atoms with van der Waals surface area (Å²) in [6, 6.07) is 11.6. The van der Waals surface area contributed by atoms with Crippen LogP contribution in [-0.4, -0.2) is 50.9 Å². The van der Waals surface area contributed by atoms with Crippen LogP contribution in [0.3, 0.4) is 0 Å². The van der Waals surface area contributed by atoms with Gasteiger partial charge < -0.3 is 25.0 Å². The number of aryl methyl sites for hydroxylation is 1. The highest BCUT2D eigenvalue weighted by molar-refractivity contribution is 7.89. The number of ether oxygens (including phenoxy) is 2. The third-order valence-electron chi connectivity index (χ3n) is 5.88. The highest BCUT2D eigenvalue weighted by atomic mass is 32.2. The summed E-state index contributed by atoms with van der Waals surface area (Å²) in [5, 5.41) is 28.7. The van der Waals surface area contributed by atoms with Crippen molar-refractivity contribution in [2.24, 2.45) is 5.14 Å². The van der Waals surface area contributed by atoms with Crippen molar-refractivity contribution in [1.82, 2.24) is 5.32 Å². The molecular weight excluding hydrogens is 496 g/mol. The molecule has 0 radical (unpaired) electrons. The number of sulfonamides is 1. The van der Waals surface area contributed by atoms with Gasteiger partial charge in [0, 0.05) is 32.2 Å². The third-order valence-corrected chi connectivity index (χ3v) is 6.79. The minimum Gasteiger partial charge on any atom is -0.508 e. The van der Waals surface area contributed by atoms with Crippen molar-refractivity contribution < 1.29 is 32.9 Å². The lowest BCUT2D eigenvalue weighted by Crippen LogP contribution is -2.22. The first-order valence-corrected chi connectivity index (χ1v) is 14.2. The third kappa shape index (κ3) is 12.5. The first-order valence-electron chi connectivity index (χ1n) is 12.7. The summed E-state index contributed by atoms with van der Waals surface area (Å²) in [6.07, 6.45) is 6.04. The molecule has 0 aliphatic rings. The standard InChI is InChI=1S/C27H40N2O7S/c1-21(30)36-20-24-18-23(12-13-26(24)31)27(32)19-29-14-5-2-3-6-15-35-16-7-4-9-22-10-8-11-25(17-22)37(28,33)34/h8,10-13,17-18,27,29,31-32H,2-7,9,14-16,19-20H2,1H3,(H2,28,33,34)/t27-/m1/s1. The van der Waals surface area contributed by atoms with Crippen molar-refractivity contribution in [3.05, 3.63) is 59.2 Å². The number of nitrogens with one attached hydrogen (secondary N) is 1. The minimum absolute atomic E-state index is 0.0299. The molecule has 0 unspecified atom stereocenters. The molecule has 5 N–H and O–H groups in total. The number of phenols is 1. The van der Waals surface area contributed by atoms with Gasteiger partial charge in [-0.2, -0.15) is 0 Å². The second-order valence-electron chi connectivity index (χ2n) is 9.06. The Balaban J connectivity index is 1.47. The summed E-state index contributed by atoms with van der Waals surface area (Å²) < 4.78 is 33.5. The molecule has 0 bridgehead atoms. The highest BCUT2D eigenvalue weighted by Crippen LogP contribution is 2.23. The van der Waals surface area contributed by atoms with Gasteiger partial charge in [0.05, 0.1) is 11.0 Å². The smallest absolute Gasteiger partial charge is 0.302 e. The van der Waals surface area contributed by atoms with Gasteiger partial charge in [0.1, 0.15) is 12.4 Å². The molecule has 0 aromatic heterocycles. The van der Waals surface area contributed by atoms with Crippen molar-refractivity contribution in [1.29, 1.82) is 0 Å². The van der Waals surface area contributed by atoms with Gasteiger partial charge in [0.2, 0.25) is 10.0 Å². The van der Waals surface area contributed by atoms with Crippen LogP contribution < -0.4 is 10.5 Å². The van der Waals surface area contributed by atoms with Crippen molar-refractivity contribution in [2.75, 3.05) is 26.3 Å². The summed E-state index contributed by atoms with van der Waals surface area (Å²) in [6.45, 7) is 3.88. The maximum absolute atomic E-state index is 11.4. The van der Waals surface area contributed by atoms with Crippen LogP contribution in [0.2, 0.25) is 0 Å². The fourth-order valence-electron chi connectivity index (χ4n) is 3.79. The number of hydrogen-bond acceptors (Lipinski definition) is 8. The number of hydrogen-bond donors (Lipinski definition) is 4. The quantitative estimate of drug-likeness (QED) is 0.167. The molecule has 0 amide bonds. The molecule has 2 rings (SSSR count). The van der Waals surface area contributed by atoms with Crippen molar-refractivity contribution in [3.8, 4) is 5.75 Å². The lowest BCUT2D eigenvalue weighted by molar-refractivity contribution is -0.142. The second kappa shape index (κ2) is 16.4. The first kappa shape index (κ1) is 30.7. The monoisotopic (exact) mass is 536 g/mol. The molecule has 37 heavy (non-hydrogen) atoms. The van der Waals surface area contributed by atoms with Crippen LogP contribution in [-0.2, 0) is 37.3 Å². The summed E-state index contributed by atoms with van der Waals surface area (Å²) in [7, 11) is -3.66. The number of aromatic hydroxyl groups is 1. The molecule has 0 aliphatic heterocycles. The Morgan fingerprint density at radius 2 is 1.76 bits per heavy atom. The molecule has 0 aliphatic carbocycles. The topological polar surface area (TPSA) is 148 Å². The SMILES string of the molecule is CC(=O)OCc1cc([C@H](O)CNCCCCCCOCCCCc2cccc(S(N)(=O)=O)c2)ccc1O. The van der Waals surface area contributed by atoms with Gasteiger partial charge in [-0.3, -0.25) is 4.79 Å². The van der Waals surface area contributed by atoms with Crippen molar-refractivity contribution >= 4 is 16.0 Å². The molecule has 0 saturated carbocycles. The fraction of sp³-hybridized carbons (Fsp3) is 0.519. The number of esters is 1. The number of aliphatic hydroxyl groups is 1. The molecule has 10 heteroatoms. The zero-order chi connectivity index (χ0) is 27.1. The average Bonchev–Trinajstić information content (AvgIpc) is 2.85. The van der Waals surface area contributed by atoms with Crippen molar-refractivity contribution in [2.45, 2.75) is 69.5 Å². The molecule has 1 atom stereocenters. The molecule has 206 valence electrons. The van der Waals surface area contributed by atoms with E-state index in [4.69, 9.17) is 14.6 Å². The van der Waals surface area contributed by atoms with Gasteiger partial charge in [-0.05, 0) is 74.0 Å². The first-order chi connectivity index (χ1) is 17.7. The van der Waals surface area contributed by atoms with Gasteiger partial charge in [0.15, 0.2) is 0 Å². The number of phenolic OH excluding ortho intramolecular Hbond substituents is 1. The molecule has 0 saturated heterocycles. The molecular formula is C27H40N2O7S. The van der Waals surface area contributed by atoms with Crippen LogP contribution >= 0.6 is 0 Å². The highest BCUT2D eigenvalue weighted by Gasteiger charge is 2.11. The van der Waals surface area contributed by atoms with E-state index in [1.807, 2.05) is 6.07 Å². The number of carbonyl (C=O) groups is 1.